The zero-order valence-corrected chi connectivity index (χ0v) is 11.0. The van der Waals surface area contributed by atoms with E-state index in [2.05, 4.69) is 45.9 Å². The Labute approximate surface area is 99.5 Å². The van der Waals surface area contributed by atoms with E-state index in [-0.39, 0.29) is 6.10 Å². The zero-order chi connectivity index (χ0) is 12.1. The van der Waals surface area contributed by atoms with E-state index < -0.39 is 0 Å². The maximum absolute atomic E-state index is 10.2. The van der Waals surface area contributed by atoms with Crippen LogP contribution >= 0.6 is 0 Å². The van der Waals surface area contributed by atoms with Crippen LogP contribution < -0.4 is 0 Å². The lowest BCUT2D eigenvalue weighted by atomic mass is 9.92. The zero-order valence-electron chi connectivity index (χ0n) is 11.0. The van der Waals surface area contributed by atoms with Crippen molar-refractivity contribution < 1.29 is 5.11 Å². The summed E-state index contributed by atoms with van der Waals surface area (Å²) in [6, 6.07) is 6.34. The molecule has 0 amide bonds. The number of benzene rings is 1. The highest BCUT2D eigenvalue weighted by Gasteiger charge is 2.13. The molecule has 0 bridgehead atoms. The average Bonchev–Trinajstić information content (AvgIpc) is 2.24. The van der Waals surface area contributed by atoms with Gasteiger partial charge >= 0.3 is 0 Å². The number of aryl methyl sites for hydroxylation is 2. The number of aliphatic hydroxyl groups excluding tert-OH is 1. The van der Waals surface area contributed by atoms with Gasteiger partial charge in [-0.2, -0.15) is 0 Å². The maximum atomic E-state index is 10.2. The van der Waals surface area contributed by atoms with Gasteiger partial charge in [-0.15, -0.1) is 0 Å². The lowest BCUT2D eigenvalue weighted by Gasteiger charge is -2.18. The molecule has 90 valence electrons. The summed E-state index contributed by atoms with van der Waals surface area (Å²) >= 11 is 0. The van der Waals surface area contributed by atoms with Crippen LogP contribution in [0.15, 0.2) is 18.2 Å². The highest BCUT2D eigenvalue weighted by Crippen LogP contribution is 2.26. The number of aliphatic hydroxyl groups is 1. The van der Waals surface area contributed by atoms with Crippen LogP contribution in [0.4, 0.5) is 0 Å². The first kappa shape index (κ1) is 13.2. The molecule has 1 unspecified atom stereocenters. The van der Waals surface area contributed by atoms with Crippen molar-refractivity contribution in [2.45, 2.75) is 53.1 Å². The average molecular weight is 220 g/mol. The molecule has 0 radical (unpaired) electrons. The van der Waals surface area contributed by atoms with Crippen LogP contribution in [-0.4, -0.2) is 5.11 Å². The summed E-state index contributed by atoms with van der Waals surface area (Å²) in [6.45, 7) is 8.56. The van der Waals surface area contributed by atoms with E-state index in [1.807, 2.05) is 0 Å². The number of rotatable bonds is 5. The minimum atomic E-state index is -0.302. The SMILES string of the molecule is CCC(CC)CC(O)c1cc(C)cc(C)c1. The second kappa shape index (κ2) is 6.05. The van der Waals surface area contributed by atoms with Gasteiger partial charge in [-0.1, -0.05) is 56.0 Å². The minimum Gasteiger partial charge on any atom is -0.388 e. The van der Waals surface area contributed by atoms with Gasteiger partial charge in [0, 0.05) is 0 Å². The summed E-state index contributed by atoms with van der Waals surface area (Å²) in [5.74, 6) is 0.635. The first-order valence-electron chi connectivity index (χ1n) is 6.33. The van der Waals surface area contributed by atoms with E-state index >= 15 is 0 Å². The Morgan fingerprint density at radius 3 is 1.94 bits per heavy atom. The molecule has 16 heavy (non-hydrogen) atoms. The molecule has 0 fully saturated rings. The van der Waals surface area contributed by atoms with Gasteiger partial charge in [-0.3, -0.25) is 0 Å². The molecule has 0 aliphatic rings. The van der Waals surface area contributed by atoms with Gasteiger partial charge in [-0.25, -0.2) is 0 Å². The topological polar surface area (TPSA) is 20.2 Å². The second-order valence-electron chi connectivity index (χ2n) is 4.86. The van der Waals surface area contributed by atoms with Gasteiger partial charge in [0.05, 0.1) is 6.10 Å². The molecule has 1 nitrogen and oxygen atoms in total. The molecule has 0 heterocycles. The van der Waals surface area contributed by atoms with E-state index in [0.29, 0.717) is 5.92 Å². The quantitative estimate of drug-likeness (QED) is 0.790. The molecule has 0 saturated carbocycles. The largest absolute Gasteiger partial charge is 0.388 e. The maximum Gasteiger partial charge on any atom is 0.0792 e. The smallest absolute Gasteiger partial charge is 0.0792 e. The van der Waals surface area contributed by atoms with E-state index in [9.17, 15) is 5.11 Å². The van der Waals surface area contributed by atoms with Crippen molar-refractivity contribution in [3.8, 4) is 0 Å². The molecule has 0 aromatic heterocycles. The van der Waals surface area contributed by atoms with Crippen LogP contribution in [-0.2, 0) is 0 Å². The Morgan fingerprint density at radius 2 is 1.50 bits per heavy atom. The highest BCUT2D eigenvalue weighted by atomic mass is 16.3. The molecule has 1 aromatic rings. The second-order valence-corrected chi connectivity index (χ2v) is 4.86. The van der Waals surface area contributed by atoms with E-state index in [4.69, 9.17) is 0 Å². The van der Waals surface area contributed by atoms with Crippen LogP contribution in [0.25, 0.3) is 0 Å². The summed E-state index contributed by atoms with van der Waals surface area (Å²) in [7, 11) is 0. The minimum absolute atomic E-state index is 0.302. The van der Waals surface area contributed by atoms with E-state index in [0.717, 1.165) is 24.8 Å². The summed E-state index contributed by atoms with van der Waals surface area (Å²) in [4.78, 5) is 0. The fraction of sp³-hybridized carbons (Fsp3) is 0.600. The Bertz CT molecular complexity index is 306. The molecule has 1 rings (SSSR count). The van der Waals surface area contributed by atoms with Crippen LogP contribution in [0.1, 0.15) is 55.9 Å². The summed E-state index contributed by atoms with van der Waals surface area (Å²) in [6.07, 6.45) is 2.88. The molecule has 1 N–H and O–H groups in total. The summed E-state index contributed by atoms with van der Waals surface area (Å²) < 4.78 is 0. The highest BCUT2D eigenvalue weighted by molar-refractivity contribution is 5.29. The first-order valence-corrected chi connectivity index (χ1v) is 6.33. The predicted molar refractivity (Wildman–Crippen MR) is 69.6 cm³/mol. The Kier molecular flexibility index (Phi) is 5.01. The summed E-state index contributed by atoms with van der Waals surface area (Å²) in [5, 5.41) is 10.2. The number of hydrogen-bond acceptors (Lipinski definition) is 1. The van der Waals surface area contributed by atoms with E-state index in [1.165, 1.54) is 11.1 Å². The monoisotopic (exact) mass is 220 g/mol. The van der Waals surface area contributed by atoms with E-state index in [1.54, 1.807) is 0 Å². The Balaban J connectivity index is 2.75. The van der Waals surface area contributed by atoms with Crippen LogP contribution in [0.5, 0.6) is 0 Å². The van der Waals surface area contributed by atoms with Crippen molar-refractivity contribution in [3.05, 3.63) is 34.9 Å². The number of hydrogen-bond donors (Lipinski definition) is 1. The van der Waals surface area contributed by atoms with Gasteiger partial charge < -0.3 is 5.11 Å². The van der Waals surface area contributed by atoms with Gasteiger partial charge in [0.25, 0.3) is 0 Å². The third-order valence-corrected chi connectivity index (χ3v) is 3.34. The molecule has 1 aromatic carbocycles. The molecular formula is C15H24O. The van der Waals surface area contributed by atoms with Crippen LogP contribution in [0.3, 0.4) is 0 Å². The predicted octanol–water partition coefficient (Wildman–Crippen LogP) is 4.16. The van der Waals surface area contributed by atoms with Gasteiger partial charge in [-0.05, 0) is 31.7 Å². The molecule has 0 aliphatic heterocycles. The van der Waals surface area contributed by atoms with Crippen molar-refractivity contribution in [1.82, 2.24) is 0 Å². The van der Waals surface area contributed by atoms with Crippen molar-refractivity contribution >= 4 is 0 Å². The van der Waals surface area contributed by atoms with Crippen molar-refractivity contribution in [3.63, 3.8) is 0 Å². The third-order valence-electron chi connectivity index (χ3n) is 3.34. The van der Waals surface area contributed by atoms with Gasteiger partial charge in [0.1, 0.15) is 0 Å². The third kappa shape index (κ3) is 3.64. The van der Waals surface area contributed by atoms with Gasteiger partial charge in [0.15, 0.2) is 0 Å². The molecule has 0 spiro atoms. The van der Waals surface area contributed by atoms with Crippen molar-refractivity contribution in [1.29, 1.82) is 0 Å². The van der Waals surface area contributed by atoms with Crippen molar-refractivity contribution in [2.24, 2.45) is 5.92 Å². The normalized spacial score (nSPS) is 13.1. The Hall–Kier alpha value is -0.820. The molecular weight excluding hydrogens is 196 g/mol. The lowest BCUT2D eigenvalue weighted by molar-refractivity contribution is 0.141. The summed E-state index contributed by atoms with van der Waals surface area (Å²) in [5.41, 5.74) is 3.54. The molecule has 0 saturated heterocycles. The first-order chi connectivity index (χ1) is 7.56. The van der Waals surface area contributed by atoms with Crippen LogP contribution in [0.2, 0.25) is 0 Å². The standard InChI is InChI=1S/C15H24O/c1-5-13(6-2)10-15(16)14-8-11(3)7-12(4)9-14/h7-9,13,15-16H,5-6,10H2,1-4H3. The molecule has 1 atom stereocenters. The fourth-order valence-electron chi connectivity index (χ4n) is 2.28. The molecule has 1 heteroatoms. The van der Waals surface area contributed by atoms with Crippen LogP contribution in [0, 0.1) is 19.8 Å². The van der Waals surface area contributed by atoms with Crippen molar-refractivity contribution in [2.75, 3.05) is 0 Å². The molecule has 0 aliphatic carbocycles. The Morgan fingerprint density at radius 1 is 1.00 bits per heavy atom. The fourth-order valence-corrected chi connectivity index (χ4v) is 2.28. The van der Waals surface area contributed by atoms with Gasteiger partial charge in [0.2, 0.25) is 0 Å². The lowest BCUT2D eigenvalue weighted by Crippen LogP contribution is -2.06.